The van der Waals surface area contributed by atoms with E-state index in [1.807, 2.05) is 0 Å². The molecule has 30 heavy (non-hydrogen) atoms. The lowest BCUT2D eigenvalue weighted by Gasteiger charge is -2.10. The largest absolute Gasteiger partial charge is 0.269 e. The normalized spacial score (nSPS) is 17.5. The van der Waals surface area contributed by atoms with Crippen molar-refractivity contribution in [2.45, 2.75) is 9.79 Å². The number of rotatable bonds is 2. The molecule has 2 aliphatic rings. The zero-order valence-electron chi connectivity index (χ0n) is 15.2. The molecule has 2 aromatic carbocycles. The van der Waals surface area contributed by atoms with Crippen LogP contribution < -0.4 is 0 Å². The Kier molecular flexibility index (Phi) is 4.61. The zero-order valence-corrected chi connectivity index (χ0v) is 16.8. The molecule has 0 radical (unpaired) electrons. The molecule has 0 atom stereocenters. The quantitative estimate of drug-likeness (QED) is 0.636. The van der Waals surface area contributed by atoms with Crippen molar-refractivity contribution >= 4 is 31.9 Å². The molecule has 4 rings (SSSR count). The van der Waals surface area contributed by atoms with Gasteiger partial charge in [-0.1, -0.05) is 36.1 Å². The van der Waals surface area contributed by atoms with Gasteiger partial charge in [0.25, 0.3) is 31.9 Å². The van der Waals surface area contributed by atoms with Gasteiger partial charge in [-0.05, 0) is 36.1 Å². The molecule has 8 nitrogen and oxygen atoms in total. The molecule has 0 saturated heterocycles. The second kappa shape index (κ2) is 7.02. The van der Waals surface area contributed by atoms with Crippen LogP contribution in [0.4, 0.5) is 0 Å². The molecule has 0 saturated carbocycles. The summed E-state index contributed by atoms with van der Waals surface area (Å²) in [7, 11) is -7.91. The molecule has 0 unspecified atom stereocenters. The van der Waals surface area contributed by atoms with Gasteiger partial charge in [-0.2, -0.15) is 0 Å². The van der Waals surface area contributed by atoms with Crippen molar-refractivity contribution in [1.82, 2.24) is 8.61 Å². The van der Waals surface area contributed by atoms with Gasteiger partial charge in [-0.25, -0.2) is 25.4 Å². The van der Waals surface area contributed by atoms with Gasteiger partial charge in [0.2, 0.25) is 0 Å². The molecule has 2 heterocycles. The maximum Gasteiger partial charge on any atom is 0.269 e. The second-order valence-electron chi connectivity index (χ2n) is 6.23. The minimum Gasteiger partial charge on any atom is -0.268 e. The van der Waals surface area contributed by atoms with Gasteiger partial charge in [0.15, 0.2) is 0 Å². The van der Waals surface area contributed by atoms with Gasteiger partial charge in [-0.3, -0.25) is 9.59 Å². The monoisotopic (exact) mass is 440 g/mol. The second-order valence-corrected chi connectivity index (χ2v) is 9.89. The third kappa shape index (κ3) is 2.94. The number of carbonyl (C=O) groups excluding carboxylic acids is 2. The highest BCUT2D eigenvalue weighted by molar-refractivity contribution is 7.90. The summed E-state index contributed by atoms with van der Waals surface area (Å²) in [6, 6.07) is 11.7. The first-order valence-corrected chi connectivity index (χ1v) is 11.4. The van der Waals surface area contributed by atoms with Gasteiger partial charge in [0.05, 0.1) is 24.2 Å². The third-order valence-corrected chi connectivity index (χ3v) is 8.08. The van der Waals surface area contributed by atoms with E-state index in [1.165, 1.54) is 36.4 Å². The third-order valence-electron chi connectivity index (χ3n) is 4.51. The zero-order chi connectivity index (χ0) is 21.5. The molecule has 0 spiro atoms. The topological polar surface area (TPSA) is 109 Å². The lowest BCUT2D eigenvalue weighted by molar-refractivity contribution is 0.0873. The molecule has 0 N–H and O–H groups in total. The number of hydrogen-bond donors (Lipinski definition) is 0. The maximum absolute atomic E-state index is 12.4. The highest BCUT2D eigenvalue weighted by Crippen LogP contribution is 2.30. The van der Waals surface area contributed by atoms with Gasteiger partial charge < -0.3 is 0 Å². The first-order chi connectivity index (χ1) is 14.3. The molecule has 2 amide bonds. The van der Waals surface area contributed by atoms with E-state index in [0.717, 1.165) is 0 Å². The Morgan fingerprint density at radius 3 is 1.37 bits per heavy atom. The van der Waals surface area contributed by atoms with Crippen LogP contribution in [0.1, 0.15) is 20.7 Å². The number of fused-ring (bicyclic) bond motifs is 2. The van der Waals surface area contributed by atoms with E-state index >= 15 is 0 Å². The minimum absolute atomic E-state index is 0.0693. The van der Waals surface area contributed by atoms with Crippen molar-refractivity contribution in [2.24, 2.45) is 0 Å². The molecule has 0 bridgehead atoms. The van der Waals surface area contributed by atoms with E-state index in [0.29, 0.717) is 8.61 Å². The van der Waals surface area contributed by atoms with Crippen molar-refractivity contribution < 1.29 is 26.4 Å². The molecular weight excluding hydrogens is 428 g/mol. The SMILES string of the molecule is O=C1c2ccccc2S(=O)(=O)N1CC#CC#CCN1C(=O)c2ccccc2S1(=O)=O. The standard InChI is InChI=1S/C20H12N2O6S2/c23-19-15-9-3-5-11-17(15)29(25,26)21(19)13-7-1-2-8-14-22-20(24)16-10-4-6-12-18(16)30(22,27)28/h3-6,9-12H,13-14H2. The lowest BCUT2D eigenvalue weighted by atomic mass is 10.2. The van der Waals surface area contributed by atoms with Crippen LogP contribution in [0.15, 0.2) is 58.3 Å². The predicted octanol–water partition coefficient (Wildman–Crippen LogP) is 0.683. The first kappa shape index (κ1) is 19.7. The summed E-state index contributed by atoms with van der Waals surface area (Å²) in [5.41, 5.74) is 0.172. The average molecular weight is 440 g/mol. The molecule has 10 heteroatoms. The summed E-state index contributed by atoms with van der Waals surface area (Å²) in [4.78, 5) is 24.4. The fourth-order valence-corrected chi connectivity index (χ4v) is 6.03. The number of sulfonamides is 2. The van der Waals surface area contributed by atoms with Crippen molar-refractivity contribution in [3.8, 4) is 23.7 Å². The number of amides is 2. The van der Waals surface area contributed by atoms with Crippen molar-refractivity contribution in [2.75, 3.05) is 13.1 Å². The fraction of sp³-hybridized carbons (Fsp3) is 0.100. The summed E-state index contributed by atoms with van der Waals surface area (Å²) in [5, 5.41) is 0. The summed E-state index contributed by atoms with van der Waals surface area (Å²) in [6.07, 6.45) is 0. The Morgan fingerprint density at radius 2 is 1.00 bits per heavy atom. The van der Waals surface area contributed by atoms with E-state index in [-0.39, 0.29) is 20.9 Å². The van der Waals surface area contributed by atoms with E-state index in [9.17, 15) is 26.4 Å². The summed E-state index contributed by atoms with van der Waals surface area (Å²) in [5.74, 6) is 8.37. The van der Waals surface area contributed by atoms with Gasteiger partial charge in [-0.15, -0.1) is 0 Å². The fourth-order valence-electron chi connectivity index (χ4n) is 3.09. The maximum atomic E-state index is 12.4. The molecule has 2 aliphatic heterocycles. The van der Waals surface area contributed by atoms with Crippen LogP contribution in [0.5, 0.6) is 0 Å². The van der Waals surface area contributed by atoms with E-state index in [1.54, 1.807) is 12.1 Å². The highest BCUT2D eigenvalue weighted by Gasteiger charge is 2.41. The molecule has 0 aliphatic carbocycles. The summed E-state index contributed by atoms with van der Waals surface area (Å²) < 4.78 is 50.9. The Bertz CT molecular complexity index is 1330. The first-order valence-electron chi connectivity index (χ1n) is 8.54. The Balaban J connectivity index is 1.46. The molecular formula is C20H12N2O6S2. The van der Waals surface area contributed by atoms with Crippen LogP contribution in [0.2, 0.25) is 0 Å². The van der Waals surface area contributed by atoms with Crippen molar-refractivity contribution in [3.63, 3.8) is 0 Å². The van der Waals surface area contributed by atoms with Gasteiger partial charge >= 0.3 is 0 Å². The summed E-state index contributed by atoms with van der Waals surface area (Å²) >= 11 is 0. The minimum atomic E-state index is -3.95. The van der Waals surface area contributed by atoms with Crippen molar-refractivity contribution in [3.05, 3.63) is 59.7 Å². The highest BCUT2D eigenvalue weighted by atomic mass is 32.2. The van der Waals surface area contributed by atoms with E-state index in [2.05, 4.69) is 23.7 Å². The number of hydrogen-bond acceptors (Lipinski definition) is 6. The van der Waals surface area contributed by atoms with E-state index < -0.39 is 45.0 Å². The van der Waals surface area contributed by atoms with Crippen LogP contribution in [-0.4, -0.2) is 50.3 Å². The molecule has 2 aromatic rings. The van der Waals surface area contributed by atoms with Crippen LogP contribution >= 0.6 is 0 Å². The lowest BCUT2D eigenvalue weighted by Crippen LogP contribution is -2.30. The molecule has 150 valence electrons. The Morgan fingerprint density at radius 1 is 0.633 bits per heavy atom. The smallest absolute Gasteiger partial charge is 0.268 e. The van der Waals surface area contributed by atoms with Crippen LogP contribution in [0.3, 0.4) is 0 Å². The van der Waals surface area contributed by atoms with Crippen LogP contribution in [0.25, 0.3) is 0 Å². The van der Waals surface area contributed by atoms with Gasteiger partial charge in [0.1, 0.15) is 9.79 Å². The van der Waals surface area contributed by atoms with Gasteiger partial charge in [0, 0.05) is 0 Å². The Labute approximate surface area is 173 Å². The number of nitrogens with zero attached hydrogens (tertiary/aromatic N) is 2. The molecule has 0 fully saturated rings. The molecule has 0 aromatic heterocycles. The number of benzene rings is 2. The van der Waals surface area contributed by atoms with Crippen LogP contribution in [-0.2, 0) is 20.0 Å². The predicted molar refractivity (Wildman–Crippen MR) is 105 cm³/mol. The summed E-state index contributed by atoms with van der Waals surface area (Å²) in [6.45, 7) is -0.784. The number of carbonyl (C=O) groups is 2. The van der Waals surface area contributed by atoms with Crippen molar-refractivity contribution in [1.29, 1.82) is 0 Å². The van der Waals surface area contributed by atoms with E-state index in [4.69, 9.17) is 0 Å². The Hall–Kier alpha value is -3.60. The average Bonchev–Trinajstić information content (AvgIpc) is 3.04. The van der Waals surface area contributed by atoms with Crippen LogP contribution in [0, 0.1) is 23.7 Å².